The second-order valence-electron chi connectivity index (χ2n) is 9.24. The summed E-state index contributed by atoms with van der Waals surface area (Å²) < 4.78 is 11.1. The van der Waals surface area contributed by atoms with E-state index in [9.17, 15) is 0 Å². The van der Waals surface area contributed by atoms with Crippen LogP contribution in [0.4, 0.5) is 11.4 Å². The van der Waals surface area contributed by atoms with Gasteiger partial charge in [0.1, 0.15) is 11.5 Å². The molecule has 0 fully saturated rings. The van der Waals surface area contributed by atoms with E-state index < -0.39 is 0 Å². The van der Waals surface area contributed by atoms with Crippen LogP contribution in [0.25, 0.3) is 44.3 Å². The van der Waals surface area contributed by atoms with Gasteiger partial charge in [0, 0.05) is 50.0 Å². The van der Waals surface area contributed by atoms with E-state index in [1.807, 2.05) is 36.0 Å². The number of methoxy groups -OCH3 is 2. The number of fused-ring (bicyclic) bond motifs is 4. The first kappa shape index (κ1) is 21.9. The second kappa shape index (κ2) is 8.39. The number of hydrogen-bond donors (Lipinski definition) is 2. The van der Waals surface area contributed by atoms with Gasteiger partial charge in [-0.25, -0.2) is 0 Å². The van der Waals surface area contributed by atoms with E-state index in [0.717, 1.165) is 55.8 Å². The highest BCUT2D eigenvalue weighted by atomic mass is 32.2. The van der Waals surface area contributed by atoms with Gasteiger partial charge in [-0.3, -0.25) is 0 Å². The van der Waals surface area contributed by atoms with Crippen LogP contribution in [-0.2, 0) is 0 Å². The average Bonchev–Trinajstić information content (AvgIpc) is 3.57. The molecule has 0 atom stereocenters. The smallest absolute Gasteiger partial charge is 0.128 e. The van der Waals surface area contributed by atoms with E-state index in [0.29, 0.717) is 0 Å². The molecular formula is C31H25N3O2S. The zero-order valence-corrected chi connectivity index (χ0v) is 21.6. The molecule has 2 N–H and O–H groups in total. The van der Waals surface area contributed by atoms with Crippen molar-refractivity contribution in [2.24, 2.45) is 0 Å². The number of ether oxygens (including phenoxy) is 2. The van der Waals surface area contributed by atoms with Crippen LogP contribution >= 0.6 is 11.8 Å². The standard InChI is InChI=1S/C31H25N3O2S/c1-34-26-12-10-18(24-16-20-22(32-24)6-4-8-28(20)35-2)14-30(26)37-31-15-19(11-13-27(31)34)25-17-21-23(33-25)7-5-9-29(21)36-3/h4-17,32-33H,1-3H3. The molecule has 0 aliphatic carbocycles. The van der Waals surface area contributed by atoms with Gasteiger partial charge in [-0.15, -0.1) is 0 Å². The van der Waals surface area contributed by atoms with Crippen LogP contribution in [0.15, 0.2) is 94.7 Å². The summed E-state index contributed by atoms with van der Waals surface area (Å²) in [6.07, 6.45) is 0. The van der Waals surface area contributed by atoms with Gasteiger partial charge < -0.3 is 24.3 Å². The third-order valence-corrected chi connectivity index (χ3v) is 8.27. The van der Waals surface area contributed by atoms with Gasteiger partial charge in [-0.05, 0) is 71.8 Å². The first-order valence-electron chi connectivity index (χ1n) is 12.1. The van der Waals surface area contributed by atoms with E-state index in [4.69, 9.17) is 9.47 Å². The largest absolute Gasteiger partial charge is 0.496 e. The Labute approximate surface area is 219 Å². The molecule has 0 saturated carbocycles. The molecule has 5 nitrogen and oxygen atoms in total. The van der Waals surface area contributed by atoms with Gasteiger partial charge in [0.15, 0.2) is 0 Å². The summed E-state index contributed by atoms with van der Waals surface area (Å²) in [5, 5.41) is 2.18. The van der Waals surface area contributed by atoms with Gasteiger partial charge in [0.2, 0.25) is 0 Å². The predicted molar refractivity (Wildman–Crippen MR) is 153 cm³/mol. The highest BCUT2D eigenvalue weighted by molar-refractivity contribution is 7.99. The van der Waals surface area contributed by atoms with Crippen molar-refractivity contribution in [1.29, 1.82) is 0 Å². The van der Waals surface area contributed by atoms with Gasteiger partial charge in [0.25, 0.3) is 0 Å². The number of benzene rings is 4. The lowest BCUT2D eigenvalue weighted by atomic mass is 10.1. The molecule has 0 unspecified atom stereocenters. The molecule has 6 aromatic rings. The Morgan fingerprint density at radius 1 is 0.622 bits per heavy atom. The summed E-state index contributed by atoms with van der Waals surface area (Å²) in [7, 11) is 5.56. The summed E-state index contributed by atoms with van der Waals surface area (Å²) in [6.45, 7) is 0. The van der Waals surface area contributed by atoms with Crippen molar-refractivity contribution < 1.29 is 9.47 Å². The van der Waals surface area contributed by atoms with Crippen molar-refractivity contribution in [3.63, 3.8) is 0 Å². The number of rotatable bonds is 4. The van der Waals surface area contributed by atoms with Crippen LogP contribution in [0.5, 0.6) is 11.5 Å². The van der Waals surface area contributed by atoms with Crippen LogP contribution in [0.1, 0.15) is 0 Å². The maximum absolute atomic E-state index is 5.56. The number of aromatic nitrogens is 2. The zero-order chi connectivity index (χ0) is 25.1. The van der Waals surface area contributed by atoms with Crippen molar-refractivity contribution in [3.05, 3.63) is 84.9 Å². The monoisotopic (exact) mass is 503 g/mol. The molecule has 3 heterocycles. The number of nitrogens with one attached hydrogen (secondary N) is 2. The topological polar surface area (TPSA) is 53.3 Å². The highest BCUT2D eigenvalue weighted by Crippen LogP contribution is 2.49. The molecule has 0 radical (unpaired) electrons. The molecule has 0 bridgehead atoms. The molecule has 182 valence electrons. The summed E-state index contributed by atoms with van der Waals surface area (Å²) in [5.74, 6) is 1.76. The van der Waals surface area contributed by atoms with E-state index >= 15 is 0 Å². The molecule has 1 aliphatic rings. The minimum absolute atomic E-state index is 0.878. The lowest BCUT2D eigenvalue weighted by Crippen LogP contribution is -2.14. The maximum Gasteiger partial charge on any atom is 0.128 e. The predicted octanol–water partition coefficient (Wildman–Crippen LogP) is 8.23. The van der Waals surface area contributed by atoms with Crippen molar-refractivity contribution >= 4 is 44.9 Å². The Morgan fingerprint density at radius 3 is 1.57 bits per heavy atom. The zero-order valence-electron chi connectivity index (χ0n) is 20.8. The molecule has 0 spiro atoms. The highest BCUT2D eigenvalue weighted by Gasteiger charge is 2.22. The molecule has 7 rings (SSSR count). The molecular weight excluding hydrogens is 478 g/mol. The van der Waals surface area contributed by atoms with Crippen molar-refractivity contribution in [3.8, 4) is 34.0 Å². The Hall–Kier alpha value is -4.29. The molecule has 4 aromatic carbocycles. The minimum Gasteiger partial charge on any atom is -0.496 e. The minimum atomic E-state index is 0.878. The number of aromatic amines is 2. The second-order valence-corrected chi connectivity index (χ2v) is 10.3. The Morgan fingerprint density at radius 2 is 1.11 bits per heavy atom. The quantitative estimate of drug-likeness (QED) is 0.254. The SMILES string of the molecule is COc1cccc2[nH]c(-c3ccc4c(c3)Sc3cc(-c5cc6c(OC)cccc6[nH]5)ccc3N4C)cc12. The summed E-state index contributed by atoms with van der Waals surface area (Å²) in [6, 6.07) is 29.9. The number of nitrogens with zero attached hydrogens (tertiary/aromatic N) is 1. The fourth-order valence-electron chi connectivity index (χ4n) is 5.25. The first-order valence-corrected chi connectivity index (χ1v) is 13.0. The summed E-state index contributed by atoms with van der Waals surface area (Å²) >= 11 is 1.81. The number of hydrogen-bond acceptors (Lipinski definition) is 4. The maximum atomic E-state index is 5.56. The Bertz CT molecular complexity index is 1690. The van der Waals surface area contributed by atoms with E-state index in [1.54, 1.807) is 14.2 Å². The third-order valence-electron chi connectivity index (χ3n) is 7.17. The van der Waals surface area contributed by atoms with Crippen molar-refractivity contribution in [2.45, 2.75) is 9.79 Å². The summed E-state index contributed by atoms with van der Waals surface area (Å²) in [4.78, 5) is 11.9. The molecule has 6 heteroatoms. The summed E-state index contributed by atoms with van der Waals surface area (Å²) in [5.41, 5.74) is 9.02. The van der Waals surface area contributed by atoms with Crippen LogP contribution in [0.3, 0.4) is 0 Å². The molecule has 2 aromatic heterocycles. The number of H-pyrrole nitrogens is 2. The van der Waals surface area contributed by atoms with E-state index in [2.05, 4.69) is 82.6 Å². The normalized spacial score (nSPS) is 12.6. The van der Waals surface area contributed by atoms with Crippen molar-refractivity contribution in [1.82, 2.24) is 9.97 Å². The lowest BCUT2D eigenvalue weighted by Gasteiger charge is -2.30. The Balaban J connectivity index is 1.27. The molecule has 0 amide bonds. The van der Waals surface area contributed by atoms with Gasteiger partial charge in [0.05, 0.1) is 25.6 Å². The lowest BCUT2D eigenvalue weighted by molar-refractivity contribution is 0.420. The first-order chi connectivity index (χ1) is 18.1. The molecule has 0 saturated heterocycles. The van der Waals surface area contributed by atoms with Gasteiger partial charge in [-0.2, -0.15) is 0 Å². The van der Waals surface area contributed by atoms with Crippen LogP contribution in [0, 0.1) is 0 Å². The fourth-order valence-corrected chi connectivity index (χ4v) is 6.48. The average molecular weight is 504 g/mol. The fraction of sp³-hybridized carbons (Fsp3) is 0.0968. The van der Waals surface area contributed by atoms with Crippen molar-refractivity contribution in [2.75, 3.05) is 26.2 Å². The molecule has 37 heavy (non-hydrogen) atoms. The van der Waals surface area contributed by atoms with Gasteiger partial charge in [-0.1, -0.05) is 36.0 Å². The van der Waals surface area contributed by atoms with Crippen LogP contribution in [0.2, 0.25) is 0 Å². The van der Waals surface area contributed by atoms with Gasteiger partial charge >= 0.3 is 0 Å². The molecule has 1 aliphatic heterocycles. The Kier molecular flexibility index (Phi) is 4.98. The van der Waals surface area contributed by atoms with Crippen LogP contribution in [-0.4, -0.2) is 31.2 Å². The third kappa shape index (κ3) is 3.48. The van der Waals surface area contributed by atoms with E-state index in [-0.39, 0.29) is 0 Å². The van der Waals surface area contributed by atoms with E-state index in [1.165, 1.54) is 21.2 Å². The number of anilines is 2. The van der Waals surface area contributed by atoms with Crippen LogP contribution < -0.4 is 14.4 Å².